The molecule has 1 aromatic heterocycles. The zero-order valence-corrected chi connectivity index (χ0v) is 11.0. The van der Waals surface area contributed by atoms with Gasteiger partial charge in [0.1, 0.15) is 0 Å². The summed E-state index contributed by atoms with van der Waals surface area (Å²) in [5.41, 5.74) is 0. The summed E-state index contributed by atoms with van der Waals surface area (Å²) in [7, 11) is 0. The molecule has 2 rings (SSSR count). The Morgan fingerprint density at radius 2 is 1.71 bits per heavy atom. The Bertz CT molecular complexity index is 293. The number of aryl methyl sites for hydroxylation is 1. The summed E-state index contributed by atoms with van der Waals surface area (Å²) >= 11 is 5.75. The van der Waals surface area contributed by atoms with E-state index in [9.17, 15) is 0 Å². The van der Waals surface area contributed by atoms with E-state index in [2.05, 4.69) is 19.4 Å². The third-order valence-electron chi connectivity index (χ3n) is 3.32. The van der Waals surface area contributed by atoms with Crippen molar-refractivity contribution >= 4 is 11.6 Å². The molecule has 17 heavy (non-hydrogen) atoms. The standard InChI is InChI=1S/C12H21ClN4/c13-2-6-16-10-8-15(9-11-16)4-1-5-17-7-3-14-12-17/h3,7,12H,1-2,4-6,8-11H2. The Hall–Kier alpha value is -0.580. The molecule has 0 radical (unpaired) electrons. The molecule has 1 fully saturated rings. The van der Waals surface area contributed by atoms with E-state index in [1.165, 1.54) is 26.1 Å². The first kappa shape index (κ1) is 12.9. The Kier molecular flexibility index (Phi) is 5.29. The van der Waals surface area contributed by atoms with Crippen LogP contribution >= 0.6 is 11.6 Å². The van der Waals surface area contributed by atoms with Crippen molar-refractivity contribution in [3.8, 4) is 0 Å². The van der Waals surface area contributed by atoms with Crippen molar-refractivity contribution in [2.45, 2.75) is 13.0 Å². The number of piperazine rings is 1. The molecule has 0 N–H and O–H groups in total. The molecule has 0 atom stereocenters. The molecule has 0 aromatic carbocycles. The zero-order chi connectivity index (χ0) is 11.9. The van der Waals surface area contributed by atoms with Crippen LogP contribution < -0.4 is 0 Å². The zero-order valence-electron chi connectivity index (χ0n) is 10.3. The summed E-state index contributed by atoms with van der Waals surface area (Å²) in [6, 6.07) is 0. The van der Waals surface area contributed by atoms with Crippen LogP contribution in [0.5, 0.6) is 0 Å². The molecule has 0 amide bonds. The molecule has 1 aromatic rings. The van der Waals surface area contributed by atoms with Gasteiger partial charge in [0.15, 0.2) is 0 Å². The Labute approximate surface area is 108 Å². The number of alkyl halides is 1. The predicted octanol–water partition coefficient (Wildman–Crippen LogP) is 1.13. The Morgan fingerprint density at radius 1 is 1.00 bits per heavy atom. The number of aromatic nitrogens is 2. The van der Waals surface area contributed by atoms with Crippen LogP contribution in [-0.2, 0) is 6.54 Å². The van der Waals surface area contributed by atoms with Gasteiger partial charge >= 0.3 is 0 Å². The first-order valence-electron chi connectivity index (χ1n) is 6.35. The molecule has 5 heteroatoms. The van der Waals surface area contributed by atoms with Crippen molar-refractivity contribution in [1.29, 1.82) is 0 Å². The fourth-order valence-corrected chi connectivity index (χ4v) is 2.49. The number of nitrogens with zero attached hydrogens (tertiary/aromatic N) is 4. The van der Waals surface area contributed by atoms with Gasteiger partial charge in [0.2, 0.25) is 0 Å². The lowest BCUT2D eigenvalue weighted by Crippen LogP contribution is -2.47. The van der Waals surface area contributed by atoms with Crippen molar-refractivity contribution in [3.05, 3.63) is 18.7 Å². The van der Waals surface area contributed by atoms with Gasteiger partial charge in [0.25, 0.3) is 0 Å². The van der Waals surface area contributed by atoms with Crippen LogP contribution in [0.3, 0.4) is 0 Å². The largest absolute Gasteiger partial charge is 0.337 e. The predicted molar refractivity (Wildman–Crippen MR) is 70.4 cm³/mol. The molecule has 1 aliphatic rings. The lowest BCUT2D eigenvalue weighted by Gasteiger charge is -2.34. The molecule has 4 nitrogen and oxygen atoms in total. The topological polar surface area (TPSA) is 24.3 Å². The highest BCUT2D eigenvalue weighted by atomic mass is 35.5. The molecule has 0 unspecified atom stereocenters. The fraction of sp³-hybridized carbons (Fsp3) is 0.750. The summed E-state index contributed by atoms with van der Waals surface area (Å²) in [4.78, 5) is 9.04. The molecule has 2 heterocycles. The minimum absolute atomic E-state index is 0.751. The highest BCUT2D eigenvalue weighted by Crippen LogP contribution is 2.03. The second-order valence-electron chi connectivity index (χ2n) is 4.53. The van der Waals surface area contributed by atoms with E-state index in [1.807, 2.05) is 18.7 Å². The molecule has 0 bridgehead atoms. The number of halogens is 1. The fourth-order valence-electron chi connectivity index (χ4n) is 2.25. The van der Waals surface area contributed by atoms with E-state index in [-0.39, 0.29) is 0 Å². The third kappa shape index (κ3) is 4.30. The molecule has 0 spiro atoms. The number of hydrogen-bond donors (Lipinski definition) is 0. The lowest BCUT2D eigenvalue weighted by molar-refractivity contribution is 0.135. The third-order valence-corrected chi connectivity index (χ3v) is 3.48. The van der Waals surface area contributed by atoms with Gasteiger partial charge in [-0.15, -0.1) is 11.6 Å². The van der Waals surface area contributed by atoms with Crippen LogP contribution in [0.4, 0.5) is 0 Å². The average Bonchev–Trinajstić information content (AvgIpc) is 2.85. The van der Waals surface area contributed by atoms with Crippen molar-refractivity contribution in [2.75, 3.05) is 45.1 Å². The smallest absolute Gasteiger partial charge is 0.0945 e. The summed E-state index contributed by atoms with van der Waals surface area (Å²) in [5, 5.41) is 0. The first-order chi connectivity index (χ1) is 8.38. The van der Waals surface area contributed by atoms with Gasteiger partial charge < -0.3 is 9.47 Å². The van der Waals surface area contributed by atoms with Gasteiger partial charge in [0.05, 0.1) is 6.33 Å². The second-order valence-corrected chi connectivity index (χ2v) is 4.90. The van der Waals surface area contributed by atoms with E-state index >= 15 is 0 Å². The van der Waals surface area contributed by atoms with Crippen LogP contribution in [0.1, 0.15) is 6.42 Å². The van der Waals surface area contributed by atoms with E-state index in [4.69, 9.17) is 11.6 Å². The quantitative estimate of drug-likeness (QED) is 0.714. The average molecular weight is 257 g/mol. The van der Waals surface area contributed by atoms with Crippen molar-refractivity contribution in [2.24, 2.45) is 0 Å². The maximum absolute atomic E-state index is 5.75. The van der Waals surface area contributed by atoms with Crippen molar-refractivity contribution < 1.29 is 0 Å². The molecule has 1 saturated heterocycles. The Balaban J connectivity index is 1.58. The summed E-state index contributed by atoms with van der Waals surface area (Å²) in [6.07, 6.45) is 6.95. The first-order valence-corrected chi connectivity index (χ1v) is 6.88. The van der Waals surface area contributed by atoms with Crippen molar-refractivity contribution in [3.63, 3.8) is 0 Å². The van der Waals surface area contributed by atoms with Crippen LogP contribution in [0, 0.1) is 0 Å². The van der Waals surface area contributed by atoms with Gasteiger partial charge in [0, 0.05) is 57.5 Å². The Morgan fingerprint density at radius 3 is 2.29 bits per heavy atom. The molecule has 1 aliphatic heterocycles. The van der Waals surface area contributed by atoms with Gasteiger partial charge in [-0.05, 0) is 13.0 Å². The van der Waals surface area contributed by atoms with Gasteiger partial charge in [-0.1, -0.05) is 0 Å². The van der Waals surface area contributed by atoms with Crippen LogP contribution in [-0.4, -0.2) is 64.5 Å². The van der Waals surface area contributed by atoms with Gasteiger partial charge in [-0.25, -0.2) is 4.98 Å². The van der Waals surface area contributed by atoms with Gasteiger partial charge in [-0.2, -0.15) is 0 Å². The summed E-state index contributed by atoms with van der Waals surface area (Å²) in [6.45, 7) is 7.98. The normalized spacial score (nSPS) is 18.6. The monoisotopic (exact) mass is 256 g/mol. The SMILES string of the molecule is ClCCN1CCN(CCCn2ccnc2)CC1. The van der Waals surface area contributed by atoms with E-state index in [0.29, 0.717) is 0 Å². The molecule has 0 saturated carbocycles. The van der Waals surface area contributed by atoms with Crippen molar-refractivity contribution in [1.82, 2.24) is 19.4 Å². The molecule has 96 valence electrons. The van der Waals surface area contributed by atoms with Crippen LogP contribution in [0.25, 0.3) is 0 Å². The number of rotatable bonds is 6. The molecular weight excluding hydrogens is 236 g/mol. The van der Waals surface area contributed by atoms with Crippen LogP contribution in [0.15, 0.2) is 18.7 Å². The highest BCUT2D eigenvalue weighted by molar-refractivity contribution is 6.18. The summed E-state index contributed by atoms with van der Waals surface area (Å²) < 4.78 is 2.14. The maximum Gasteiger partial charge on any atom is 0.0945 e. The second kappa shape index (κ2) is 6.99. The van der Waals surface area contributed by atoms with E-state index in [0.717, 1.165) is 32.1 Å². The van der Waals surface area contributed by atoms with Gasteiger partial charge in [-0.3, -0.25) is 4.90 Å². The minimum Gasteiger partial charge on any atom is -0.337 e. The van der Waals surface area contributed by atoms with Crippen LogP contribution in [0.2, 0.25) is 0 Å². The molecular formula is C12H21ClN4. The van der Waals surface area contributed by atoms with E-state index < -0.39 is 0 Å². The van der Waals surface area contributed by atoms with E-state index in [1.54, 1.807) is 0 Å². The number of imidazole rings is 1. The highest BCUT2D eigenvalue weighted by Gasteiger charge is 2.15. The number of hydrogen-bond acceptors (Lipinski definition) is 3. The minimum atomic E-state index is 0.751. The maximum atomic E-state index is 5.75. The lowest BCUT2D eigenvalue weighted by atomic mass is 10.3. The molecule has 0 aliphatic carbocycles. The summed E-state index contributed by atoms with van der Waals surface area (Å²) in [5.74, 6) is 0.751.